The molecule has 0 amide bonds. The lowest BCUT2D eigenvalue weighted by Gasteiger charge is -2.03. The molecule has 0 spiro atoms. The number of hydrogen-bond donors (Lipinski definition) is 0. The highest BCUT2D eigenvalue weighted by molar-refractivity contribution is 5.51. The van der Waals surface area contributed by atoms with Crippen molar-refractivity contribution in [3.05, 3.63) is 48.1 Å². The monoisotopic (exact) mass is 240 g/mol. The largest absolute Gasteiger partial charge is 0.463 e. The third-order valence-corrected chi connectivity index (χ3v) is 2.62. The van der Waals surface area contributed by atoms with Crippen molar-refractivity contribution in [1.82, 2.24) is 19.7 Å². The molecule has 3 aromatic rings. The van der Waals surface area contributed by atoms with E-state index in [9.17, 15) is 0 Å². The predicted molar refractivity (Wildman–Crippen MR) is 66.3 cm³/mol. The molecule has 0 bridgehead atoms. The molecule has 18 heavy (non-hydrogen) atoms. The summed E-state index contributed by atoms with van der Waals surface area (Å²) in [7, 11) is 0. The quantitative estimate of drug-likeness (QED) is 0.690. The highest BCUT2D eigenvalue weighted by Gasteiger charge is 2.09. The second-order valence-corrected chi connectivity index (χ2v) is 4.06. The number of rotatable bonds is 2. The first kappa shape index (κ1) is 10.7. The molecule has 0 N–H and O–H groups in total. The topological polar surface area (TPSA) is 56.7 Å². The Morgan fingerprint density at radius 2 is 2.11 bits per heavy atom. The van der Waals surface area contributed by atoms with Gasteiger partial charge in [-0.1, -0.05) is 0 Å². The summed E-state index contributed by atoms with van der Waals surface area (Å²) in [6, 6.07) is 7.50. The van der Waals surface area contributed by atoms with E-state index in [-0.39, 0.29) is 0 Å². The molecule has 0 aliphatic heterocycles. The lowest BCUT2D eigenvalue weighted by molar-refractivity contribution is 0.579. The zero-order valence-corrected chi connectivity index (χ0v) is 10.2. The van der Waals surface area contributed by atoms with Crippen LogP contribution < -0.4 is 0 Å². The van der Waals surface area contributed by atoms with Crippen molar-refractivity contribution in [3.63, 3.8) is 0 Å². The molecule has 3 heterocycles. The number of furan rings is 1. The van der Waals surface area contributed by atoms with Gasteiger partial charge < -0.3 is 4.42 Å². The second-order valence-electron chi connectivity index (χ2n) is 4.06. The fraction of sp³-hybridized carbons (Fsp3) is 0.154. The van der Waals surface area contributed by atoms with Gasteiger partial charge in [0.25, 0.3) is 5.95 Å². The molecule has 5 nitrogen and oxygen atoms in total. The standard InChI is InChI=1S/C13H12N4O/c1-9-8-10(2)17(16-9)13-14-6-5-11(15-13)12-4-3-7-18-12/h3-8H,1-2H3. The maximum atomic E-state index is 5.33. The van der Waals surface area contributed by atoms with Gasteiger partial charge in [0, 0.05) is 11.9 Å². The van der Waals surface area contributed by atoms with Crippen LogP contribution in [0.4, 0.5) is 0 Å². The number of hydrogen-bond acceptors (Lipinski definition) is 4. The normalized spacial score (nSPS) is 10.8. The minimum absolute atomic E-state index is 0.550. The van der Waals surface area contributed by atoms with Gasteiger partial charge in [-0.05, 0) is 38.1 Å². The first-order valence-electron chi connectivity index (χ1n) is 5.64. The van der Waals surface area contributed by atoms with Crippen LogP contribution in [0.5, 0.6) is 0 Å². The molecule has 5 heteroatoms. The summed E-state index contributed by atoms with van der Waals surface area (Å²) in [4.78, 5) is 8.70. The summed E-state index contributed by atoms with van der Waals surface area (Å²) in [5.74, 6) is 1.27. The minimum atomic E-state index is 0.550. The van der Waals surface area contributed by atoms with E-state index >= 15 is 0 Å². The Hall–Kier alpha value is -2.43. The minimum Gasteiger partial charge on any atom is -0.463 e. The van der Waals surface area contributed by atoms with E-state index in [0.29, 0.717) is 5.95 Å². The van der Waals surface area contributed by atoms with Crippen LogP contribution in [0.25, 0.3) is 17.4 Å². The van der Waals surface area contributed by atoms with E-state index in [4.69, 9.17) is 4.42 Å². The highest BCUT2D eigenvalue weighted by Crippen LogP contribution is 2.18. The van der Waals surface area contributed by atoms with Crippen LogP contribution in [0, 0.1) is 13.8 Å². The Balaban J connectivity index is 2.09. The molecular weight excluding hydrogens is 228 g/mol. The summed E-state index contributed by atoms with van der Waals surface area (Å²) in [6.07, 6.45) is 3.33. The number of nitrogens with zero attached hydrogens (tertiary/aromatic N) is 4. The average Bonchev–Trinajstić information content (AvgIpc) is 2.99. The molecule has 0 aliphatic rings. The predicted octanol–water partition coefficient (Wildman–Crippen LogP) is 2.54. The first-order chi connectivity index (χ1) is 8.74. The van der Waals surface area contributed by atoms with Crippen LogP contribution in [0.2, 0.25) is 0 Å². The molecule has 3 aromatic heterocycles. The molecule has 90 valence electrons. The van der Waals surface area contributed by atoms with Crippen LogP contribution in [0.1, 0.15) is 11.4 Å². The molecule has 0 aliphatic carbocycles. The second kappa shape index (κ2) is 4.10. The summed E-state index contributed by atoms with van der Waals surface area (Å²) in [6.45, 7) is 3.92. The summed E-state index contributed by atoms with van der Waals surface area (Å²) < 4.78 is 7.05. The smallest absolute Gasteiger partial charge is 0.251 e. The van der Waals surface area contributed by atoms with Gasteiger partial charge in [0.15, 0.2) is 5.76 Å². The first-order valence-corrected chi connectivity index (χ1v) is 5.64. The van der Waals surface area contributed by atoms with Crippen molar-refractivity contribution in [2.75, 3.05) is 0 Å². The molecule has 0 atom stereocenters. The van der Waals surface area contributed by atoms with Gasteiger partial charge in [-0.25, -0.2) is 14.6 Å². The van der Waals surface area contributed by atoms with E-state index in [0.717, 1.165) is 22.8 Å². The van der Waals surface area contributed by atoms with Crippen molar-refractivity contribution >= 4 is 0 Å². The van der Waals surface area contributed by atoms with Crippen LogP contribution in [-0.2, 0) is 0 Å². The third-order valence-electron chi connectivity index (χ3n) is 2.62. The van der Waals surface area contributed by atoms with Gasteiger partial charge in [0.2, 0.25) is 0 Å². The van der Waals surface area contributed by atoms with Crippen LogP contribution in [0.3, 0.4) is 0 Å². The Kier molecular flexibility index (Phi) is 2.44. The molecule has 0 radical (unpaired) electrons. The van der Waals surface area contributed by atoms with Gasteiger partial charge in [-0.15, -0.1) is 0 Å². The summed E-state index contributed by atoms with van der Waals surface area (Å²) in [5, 5.41) is 4.36. The maximum absolute atomic E-state index is 5.33. The van der Waals surface area contributed by atoms with Crippen molar-refractivity contribution in [3.8, 4) is 17.4 Å². The third kappa shape index (κ3) is 1.79. The van der Waals surface area contributed by atoms with Gasteiger partial charge in [-0.2, -0.15) is 5.10 Å². The Morgan fingerprint density at radius 1 is 1.22 bits per heavy atom. The summed E-state index contributed by atoms with van der Waals surface area (Å²) >= 11 is 0. The fourth-order valence-corrected chi connectivity index (χ4v) is 1.84. The van der Waals surface area contributed by atoms with Gasteiger partial charge >= 0.3 is 0 Å². The van der Waals surface area contributed by atoms with Crippen LogP contribution in [0.15, 0.2) is 41.1 Å². The molecule has 0 unspecified atom stereocenters. The molecule has 3 rings (SSSR count). The van der Waals surface area contributed by atoms with Gasteiger partial charge in [0.05, 0.1) is 12.0 Å². The Morgan fingerprint density at radius 3 is 2.78 bits per heavy atom. The number of aromatic nitrogens is 4. The molecule has 0 saturated heterocycles. The molecular formula is C13H12N4O. The van der Waals surface area contributed by atoms with Crippen LogP contribution in [-0.4, -0.2) is 19.7 Å². The zero-order valence-electron chi connectivity index (χ0n) is 10.2. The number of aryl methyl sites for hydroxylation is 2. The van der Waals surface area contributed by atoms with Crippen molar-refractivity contribution in [1.29, 1.82) is 0 Å². The summed E-state index contributed by atoms with van der Waals surface area (Å²) in [5.41, 5.74) is 2.70. The van der Waals surface area contributed by atoms with Crippen molar-refractivity contribution in [2.45, 2.75) is 13.8 Å². The van der Waals surface area contributed by atoms with Gasteiger partial charge in [0.1, 0.15) is 5.69 Å². The Labute approximate surface area is 104 Å². The van der Waals surface area contributed by atoms with Crippen molar-refractivity contribution in [2.24, 2.45) is 0 Å². The van der Waals surface area contributed by atoms with Crippen LogP contribution >= 0.6 is 0 Å². The van der Waals surface area contributed by atoms with Gasteiger partial charge in [-0.3, -0.25) is 0 Å². The highest BCUT2D eigenvalue weighted by atomic mass is 16.3. The van der Waals surface area contributed by atoms with E-state index in [2.05, 4.69) is 15.1 Å². The average molecular weight is 240 g/mol. The van der Waals surface area contributed by atoms with Crippen molar-refractivity contribution < 1.29 is 4.42 Å². The zero-order chi connectivity index (χ0) is 12.5. The van der Waals surface area contributed by atoms with E-state index in [1.54, 1.807) is 17.1 Å². The lowest BCUT2D eigenvalue weighted by Crippen LogP contribution is -2.05. The lowest BCUT2D eigenvalue weighted by atomic mass is 10.3. The molecule has 0 saturated carbocycles. The molecule has 0 aromatic carbocycles. The van der Waals surface area contributed by atoms with E-state index < -0.39 is 0 Å². The maximum Gasteiger partial charge on any atom is 0.251 e. The van der Waals surface area contributed by atoms with E-state index in [1.807, 2.05) is 38.1 Å². The SMILES string of the molecule is Cc1cc(C)n(-c2nccc(-c3ccco3)n2)n1. The molecule has 0 fully saturated rings. The van der Waals surface area contributed by atoms with E-state index in [1.165, 1.54) is 0 Å². The Bertz CT molecular complexity index is 670. The fourth-order valence-electron chi connectivity index (χ4n) is 1.84.